The Hall–Kier alpha value is -0.820. The second kappa shape index (κ2) is 4.94. The highest BCUT2D eigenvalue weighted by molar-refractivity contribution is 5.31. The Bertz CT molecular complexity index is 461. The highest BCUT2D eigenvalue weighted by Gasteiger charge is 2.41. The molecule has 0 bridgehead atoms. The van der Waals surface area contributed by atoms with Gasteiger partial charge in [-0.25, -0.2) is 0 Å². The predicted octanol–water partition coefficient (Wildman–Crippen LogP) is 4.42. The van der Waals surface area contributed by atoms with Crippen molar-refractivity contribution in [3.63, 3.8) is 0 Å². The van der Waals surface area contributed by atoms with Crippen LogP contribution in [0.4, 0.5) is 0 Å². The first-order chi connectivity index (χ1) is 8.69. The van der Waals surface area contributed by atoms with Crippen molar-refractivity contribution in [3.05, 3.63) is 34.9 Å². The molecule has 2 rings (SSSR count). The lowest BCUT2D eigenvalue weighted by Gasteiger charge is -2.45. The van der Waals surface area contributed by atoms with Crippen LogP contribution in [-0.2, 0) is 6.42 Å². The van der Waals surface area contributed by atoms with Crippen molar-refractivity contribution in [1.82, 2.24) is 0 Å². The fourth-order valence-electron chi connectivity index (χ4n) is 4.18. The summed E-state index contributed by atoms with van der Waals surface area (Å²) >= 11 is 0. The number of benzene rings is 1. The lowest BCUT2D eigenvalue weighted by atomic mass is 9.64. The molecule has 1 N–H and O–H groups in total. The maximum Gasteiger partial charge on any atom is 0.0695 e. The molecule has 1 saturated carbocycles. The zero-order valence-electron chi connectivity index (χ0n) is 13.1. The number of hydrogen-bond acceptors (Lipinski definition) is 1. The smallest absolute Gasteiger partial charge is 0.0695 e. The fourth-order valence-corrected chi connectivity index (χ4v) is 4.18. The van der Waals surface area contributed by atoms with Crippen LogP contribution in [0.15, 0.2) is 18.2 Å². The molecule has 1 nitrogen and oxygen atoms in total. The predicted molar refractivity (Wildman–Crippen MR) is 81.4 cm³/mol. The summed E-state index contributed by atoms with van der Waals surface area (Å²) in [6.07, 6.45) is 3.87. The van der Waals surface area contributed by atoms with Gasteiger partial charge in [-0.3, -0.25) is 0 Å². The van der Waals surface area contributed by atoms with Crippen LogP contribution in [0.25, 0.3) is 0 Å². The molecule has 0 radical (unpaired) electrons. The molecular formula is C18H28O. The highest BCUT2D eigenvalue weighted by Crippen LogP contribution is 2.45. The lowest BCUT2D eigenvalue weighted by Crippen LogP contribution is -2.43. The van der Waals surface area contributed by atoms with E-state index in [1.807, 2.05) is 0 Å². The van der Waals surface area contributed by atoms with Crippen LogP contribution in [0.1, 0.15) is 56.7 Å². The summed E-state index contributed by atoms with van der Waals surface area (Å²) < 4.78 is 0. The third-order valence-corrected chi connectivity index (χ3v) is 4.46. The van der Waals surface area contributed by atoms with Crippen LogP contribution in [0.5, 0.6) is 0 Å². The van der Waals surface area contributed by atoms with E-state index in [2.05, 4.69) is 52.8 Å². The van der Waals surface area contributed by atoms with Gasteiger partial charge < -0.3 is 5.11 Å². The van der Waals surface area contributed by atoms with Gasteiger partial charge in [-0.15, -0.1) is 0 Å². The van der Waals surface area contributed by atoms with Crippen LogP contribution in [0.2, 0.25) is 0 Å². The van der Waals surface area contributed by atoms with Crippen LogP contribution in [-0.4, -0.2) is 10.7 Å². The molecule has 0 aliphatic heterocycles. The first-order valence-electron chi connectivity index (χ1n) is 7.48. The molecule has 1 aliphatic carbocycles. The summed E-state index contributed by atoms with van der Waals surface area (Å²) in [6, 6.07) is 6.56. The van der Waals surface area contributed by atoms with Crippen molar-refractivity contribution >= 4 is 0 Å². The maximum atomic E-state index is 11.0. The Labute approximate surface area is 118 Å². The van der Waals surface area contributed by atoms with Crippen LogP contribution in [0, 0.1) is 25.2 Å². The van der Waals surface area contributed by atoms with Crippen molar-refractivity contribution in [2.45, 2.75) is 65.9 Å². The third kappa shape index (κ3) is 3.60. The molecule has 0 spiro atoms. The average molecular weight is 260 g/mol. The standard InChI is InChI=1S/C18H28O/c1-13-6-7-15(3)16(8-13)11-18(19)10-14(2)9-17(4,5)12-18/h6-8,14,19H,9-12H2,1-5H3. The van der Waals surface area contributed by atoms with Crippen LogP contribution >= 0.6 is 0 Å². The van der Waals surface area contributed by atoms with Gasteiger partial charge in [0, 0.05) is 6.42 Å². The van der Waals surface area contributed by atoms with Crippen molar-refractivity contribution in [2.24, 2.45) is 11.3 Å². The van der Waals surface area contributed by atoms with Gasteiger partial charge in [0.2, 0.25) is 0 Å². The van der Waals surface area contributed by atoms with Crippen molar-refractivity contribution in [2.75, 3.05) is 0 Å². The molecule has 0 heterocycles. The van der Waals surface area contributed by atoms with Gasteiger partial charge in [0.05, 0.1) is 5.60 Å². The van der Waals surface area contributed by atoms with Gasteiger partial charge in [0.15, 0.2) is 0 Å². The highest BCUT2D eigenvalue weighted by atomic mass is 16.3. The summed E-state index contributed by atoms with van der Waals surface area (Å²) in [7, 11) is 0. The van der Waals surface area contributed by atoms with E-state index in [1.165, 1.54) is 23.1 Å². The van der Waals surface area contributed by atoms with Crippen molar-refractivity contribution < 1.29 is 5.11 Å². The molecule has 19 heavy (non-hydrogen) atoms. The molecule has 0 saturated heterocycles. The van der Waals surface area contributed by atoms with Gasteiger partial charge in [-0.1, -0.05) is 44.5 Å². The molecule has 1 fully saturated rings. The van der Waals surface area contributed by atoms with Crippen molar-refractivity contribution in [1.29, 1.82) is 0 Å². The Morgan fingerprint density at radius 2 is 1.89 bits per heavy atom. The van der Waals surface area contributed by atoms with Gasteiger partial charge in [0.1, 0.15) is 0 Å². The Morgan fingerprint density at radius 3 is 2.53 bits per heavy atom. The summed E-state index contributed by atoms with van der Waals surface area (Å²) in [5.74, 6) is 0.610. The van der Waals surface area contributed by atoms with Gasteiger partial charge in [-0.2, -0.15) is 0 Å². The SMILES string of the molecule is Cc1ccc(C)c(CC2(O)CC(C)CC(C)(C)C2)c1. The summed E-state index contributed by atoms with van der Waals surface area (Å²) in [4.78, 5) is 0. The minimum atomic E-state index is -0.528. The topological polar surface area (TPSA) is 20.2 Å². The first-order valence-corrected chi connectivity index (χ1v) is 7.48. The largest absolute Gasteiger partial charge is 0.390 e. The monoisotopic (exact) mass is 260 g/mol. The number of hydrogen-bond donors (Lipinski definition) is 1. The molecule has 2 unspecified atom stereocenters. The van der Waals surface area contributed by atoms with Gasteiger partial charge in [-0.05, 0) is 55.6 Å². The van der Waals surface area contributed by atoms with Crippen LogP contribution in [0.3, 0.4) is 0 Å². The molecular weight excluding hydrogens is 232 g/mol. The zero-order chi connectivity index (χ0) is 14.3. The van der Waals surface area contributed by atoms with E-state index in [4.69, 9.17) is 0 Å². The van der Waals surface area contributed by atoms with E-state index >= 15 is 0 Å². The van der Waals surface area contributed by atoms with E-state index < -0.39 is 5.60 Å². The molecule has 1 aliphatic rings. The zero-order valence-corrected chi connectivity index (χ0v) is 13.1. The summed E-state index contributed by atoms with van der Waals surface area (Å²) in [5.41, 5.74) is 3.62. The maximum absolute atomic E-state index is 11.0. The Kier molecular flexibility index (Phi) is 3.79. The number of rotatable bonds is 2. The molecule has 0 amide bonds. The van der Waals surface area contributed by atoms with E-state index in [9.17, 15) is 5.11 Å². The number of aryl methyl sites for hydroxylation is 2. The molecule has 1 aromatic rings. The molecule has 2 atom stereocenters. The van der Waals surface area contributed by atoms with E-state index in [-0.39, 0.29) is 5.41 Å². The normalized spacial score (nSPS) is 30.3. The average Bonchev–Trinajstić information content (AvgIpc) is 2.19. The molecule has 0 aromatic heterocycles. The minimum Gasteiger partial charge on any atom is -0.390 e. The van der Waals surface area contributed by atoms with Gasteiger partial charge in [0.25, 0.3) is 0 Å². The Balaban J connectivity index is 2.23. The fraction of sp³-hybridized carbons (Fsp3) is 0.667. The van der Waals surface area contributed by atoms with Crippen LogP contribution < -0.4 is 0 Å². The van der Waals surface area contributed by atoms with E-state index in [1.54, 1.807) is 0 Å². The summed E-state index contributed by atoms with van der Waals surface area (Å²) in [5, 5.41) is 11.0. The first kappa shape index (κ1) is 14.6. The molecule has 106 valence electrons. The second-order valence-corrected chi connectivity index (χ2v) is 7.69. The minimum absolute atomic E-state index is 0.254. The second-order valence-electron chi connectivity index (χ2n) is 7.69. The Morgan fingerprint density at radius 1 is 1.21 bits per heavy atom. The lowest BCUT2D eigenvalue weighted by molar-refractivity contribution is -0.0575. The van der Waals surface area contributed by atoms with E-state index in [0.717, 1.165) is 19.3 Å². The van der Waals surface area contributed by atoms with E-state index in [0.29, 0.717) is 5.92 Å². The van der Waals surface area contributed by atoms with Gasteiger partial charge >= 0.3 is 0 Å². The number of aliphatic hydroxyl groups is 1. The molecule has 1 heteroatoms. The molecule has 1 aromatic carbocycles. The summed E-state index contributed by atoms with van der Waals surface area (Å²) in [6.45, 7) is 11.1. The third-order valence-electron chi connectivity index (χ3n) is 4.46. The van der Waals surface area contributed by atoms with Crippen molar-refractivity contribution in [3.8, 4) is 0 Å². The quantitative estimate of drug-likeness (QED) is 0.834.